The number of benzene rings is 1. The summed E-state index contributed by atoms with van der Waals surface area (Å²) in [7, 11) is 0. The van der Waals surface area contributed by atoms with E-state index in [0.717, 1.165) is 29.3 Å². The van der Waals surface area contributed by atoms with Crippen LogP contribution in [-0.2, 0) is 13.0 Å². The first-order valence-electron chi connectivity index (χ1n) is 7.44. The van der Waals surface area contributed by atoms with Crippen LogP contribution >= 0.6 is 11.3 Å². The third-order valence-electron chi connectivity index (χ3n) is 3.69. The van der Waals surface area contributed by atoms with Gasteiger partial charge in [0.15, 0.2) is 4.96 Å². The molecule has 3 aromatic rings. The Balaban J connectivity index is 1.75. The summed E-state index contributed by atoms with van der Waals surface area (Å²) in [4.78, 5) is 7.00. The van der Waals surface area contributed by atoms with Crippen molar-refractivity contribution in [1.29, 1.82) is 0 Å². The molecule has 4 heteroatoms. The molecule has 21 heavy (non-hydrogen) atoms. The Bertz CT molecular complexity index is 737. The van der Waals surface area contributed by atoms with Gasteiger partial charge in [0.1, 0.15) is 0 Å². The molecule has 0 spiro atoms. The van der Waals surface area contributed by atoms with E-state index in [1.165, 1.54) is 22.6 Å². The Morgan fingerprint density at radius 3 is 2.67 bits per heavy atom. The van der Waals surface area contributed by atoms with Gasteiger partial charge in [-0.05, 0) is 38.0 Å². The van der Waals surface area contributed by atoms with Gasteiger partial charge in [-0.25, -0.2) is 4.98 Å². The van der Waals surface area contributed by atoms with Crippen LogP contribution in [0.15, 0.2) is 30.5 Å². The summed E-state index contributed by atoms with van der Waals surface area (Å²) in [6.07, 6.45) is 4.51. The van der Waals surface area contributed by atoms with Crippen LogP contribution in [0.4, 0.5) is 5.69 Å². The van der Waals surface area contributed by atoms with Crippen LogP contribution in [0.5, 0.6) is 0 Å². The first-order chi connectivity index (χ1) is 10.2. The maximum atomic E-state index is 4.63. The molecule has 0 unspecified atom stereocenters. The lowest BCUT2D eigenvalue weighted by Crippen LogP contribution is -2.03. The molecule has 3 rings (SSSR count). The van der Waals surface area contributed by atoms with Crippen LogP contribution in [0, 0.1) is 13.8 Å². The summed E-state index contributed by atoms with van der Waals surface area (Å²) in [5, 5.41) is 3.50. The number of hydrogen-bond donors (Lipinski definition) is 1. The SMILES string of the molecule is CCCc1ccc(NCc2c(C)nc3sc(C)cn23)cc1. The zero-order valence-corrected chi connectivity index (χ0v) is 13.6. The molecule has 1 N–H and O–H groups in total. The van der Waals surface area contributed by atoms with Crippen LogP contribution in [0.2, 0.25) is 0 Å². The zero-order valence-electron chi connectivity index (χ0n) is 12.8. The van der Waals surface area contributed by atoms with Gasteiger partial charge in [0.25, 0.3) is 0 Å². The average Bonchev–Trinajstić information content (AvgIpc) is 2.94. The Labute approximate surface area is 129 Å². The molecule has 2 aromatic heterocycles. The molecule has 110 valence electrons. The highest BCUT2D eigenvalue weighted by molar-refractivity contribution is 7.17. The number of hydrogen-bond acceptors (Lipinski definition) is 3. The van der Waals surface area contributed by atoms with E-state index in [4.69, 9.17) is 0 Å². The van der Waals surface area contributed by atoms with Crippen molar-refractivity contribution in [3.8, 4) is 0 Å². The molecule has 0 saturated carbocycles. The van der Waals surface area contributed by atoms with Crippen molar-refractivity contribution in [3.05, 3.63) is 52.3 Å². The second-order valence-electron chi connectivity index (χ2n) is 5.44. The topological polar surface area (TPSA) is 29.3 Å². The van der Waals surface area contributed by atoms with Crippen molar-refractivity contribution in [2.45, 2.75) is 40.2 Å². The summed E-state index contributed by atoms with van der Waals surface area (Å²) in [6, 6.07) is 8.74. The first-order valence-corrected chi connectivity index (χ1v) is 8.26. The third-order valence-corrected chi connectivity index (χ3v) is 4.59. The second kappa shape index (κ2) is 5.90. The van der Waals surface area contributed by atoms with Crippen molar-refractivity contribution >= 4 is 22.0 Å². The van der Waals surface area contributed by atoms with E-state index in [0.29, 0.717) is 0 Å². The van der Waals surface area contributed by atoms with E-state index in [1.807, 2.05) is 0 Å². The zero-order chi connectivity index (χ0) is 14.8. The molecular weight excluding hydrogens is 278 g/mol. The van der Waals surface area contributed by atoms with E-state index < -0.39 is 0 Å². The molecule has 0 saturated heterocycles. The smallest absolute Gasteiger partial charge is 0.194 e. The standard InChI is InChI=1S/C17H21N3S/c1-4-5-14-6-8-15(9-7-14)18-10-16-13(3)19-17-20(16)11-12(2)21-17/h6-9,11,18H,4-5,10H2,1-3H3. The van der Waals surface area contributed by atoms with Crippen LogP contribution in [0.25, 0.3) is 4.96 Å². The number of anilines is 1. The minimum absolute atomic E-state index is 0.802. The fourth-order valence-electron chi connectivity index (χ4n) is 2.59. The Hall–Kier alpha value is -1.81. The highest BCUT2D eigenvalue weighted by Gasteiger charge is 2.10. The largest absolute Gasteiger partial charge is 0.379 e. The van der Waals surface area contributed by atoms with E-state index in [9.17, 15) is 0 Å². The molecule has 1 aromatic carbocycles. The van der Waals surface area contributed by atoms with Gasteiger partial charge in [-0.2, -0.15) is 0 Å². The fourth-order valence-corrected chi connectivity index (χ4v) is 3.48. The van der Waals surface area contributed by atoms with Crippen LogP contribution in [0.3, 0.4) is 0 Å². The summed E-state index contributed by atoms with van der Waals surface area (Å²) in [5.41, 5.74) is 4.92. The third kappa shape index (κ3) is 2.95. The molecule has 0 aliphatic heterocycles. The monoisotopic (exact) mass is 299 g/mol. The number of rotatable bonds is 5. The van der Waals surface area contributed by atoms with E-state index in [-0.39, 0.29) is 0 Å². The molecule has 0 bridgehead atoms. The van der Waals surface area contributed by atoms with E-state index in [2.05, 4.69) is 65.9 Å². The molecule has 0 atom stereocenters. The molecule has 2 heterocycles. The van der Waals surface area contributed by atoms with Gasteiger partial charge in [0, 0.05) is 16.8 Å². The van der Waals surface area contributed by atoms with Crippen molar-refractivity contribution in [2.75, 3.05) is 5.32 Å². The van der Waals surface area contributed by atoms with Crippen LogP contribution in [-0.4, -0.2) is 9.38 Å². The Kier molecular flexibility index (Phi) is 3.97. The number of fused-ring (bicyclic) bond motifs is 1. The van der Waals surface area contributed by atoms with Crippen LogP contribution < -0.4 is 5.32 Å². The fraction of sp³-hybridized carbons (Fsp3) is 0.353. The molecule has 0 fully saturated rings. The molecule has 0 aliphatic rings. The van der Waals surface area contributed by atoms with Gasteiger partial charge in [-0.15, -0.1) is 11.3 Å². The Morgan fingerprint density at radius 2 is 1.95 bits per heavy atom. The molecule has 3 nitrogen and oxygen atoms in total. The van der Waals surface area contributed by atoms with E-state index >= 15 is 0 Å². The minimum Gasteiger partial charge on any atom is -0.379 e. The van der Waals surface area contributed by atoms with E-state index in [1.54, 1.807) is 11.3 Å². The lowest BCUT2D eigenvalue weighted by atomic mass is 10.1. The highest BCUT2D eigenvalue weighted by Crippen LogP contribution is 2.21. The quantitative estimate of drug-likeness (QED) is 0.747. The Morgan fingerprint density at radius 1 is 1.19 bits per heavy atom. The lowest BCUT2D eigenvalue weighted by molar-refractivity contribution is 0.921. The molecule has 0 radical (unpaired) electrons. The average molecular weight is 299 g/mol. The minimum atomic E-state index is 0.802. The summed E-state index contributed by atoms with van der Waals surface area (Å²) < 4.78 is 2.20. The maximum absolute atomic E-state index is 4.63. The molecule has 0 amide bonds. The maximum Gasteiger partial charge on any atom is 0.194 e. The number of nitrogens with one attached hydrogen (secondary N) is 1. The van der Waals surface area contributed by atoms with Gasteiger partial charge >= 0.3 is 0 Å². The normalized spacial score (nSPS) is 11.2. The second-order valence-corrected chi connectivity index (χ2v) is 6.65. The highest BCUT2D eigenvalue weighted by atomic mass is 32.1. The van der Waals surface area contributed by atoms with Crippen molar-refractivity contribution in [3.63, 3.8) is 0 Å². The number of nitrogens with zero attached hydrogens (tertiary/aromatic N) is 2. The van der Waals surface area contributed by atoms with Gasteiger partial charge < -0.3 is 5.32 Å². The predicted octanol–water partition coefficient (Wildman–Crippen LogP) is 4.58. The number of imidazole rings is 1. The van der Waals surface area contributed by atoms with Crippen LogP contribution in [0.1, 0.15) is 35.2 Å². The van der Waals surface area contributed by atoms with Gasteiger partial charge in [0.05, 0.1) is 17.9 Å². The van der Waals surface area contributed by atoms with Gasteiger partial charge in [0.2, 0.25) is 0 Å². The number of aromatic nitrogens is 2. The van der Waals surface area contributed by atoms with Crippen molar-refractivity contribution in [2.24, 2.45) is 0 Å². The predicted molar refractivity (Wildman–Crippen MR) is 90.3 cm³/mol. The van der Waals surface area contributed by atoms with Gasteiger partial charge in [-0.1, -0.05) is 25.5 Å². The molecule has 0 aliphatic carbocycles. The molecular formula is C17H21N3S. The summed E-state index contributed by atoms with van der Waals surface area (Å²) in [6.45, 7) is 7.22. The summed E-state index contributed by atoms with van der Waals surface area (Å²) in [5.74, 6) is 0. The van der Waals surface area contributed by atoms with Crippen molar-refractivity contribution in [1.82, 2.24) is 9.38 Å². The van der Waals surface area contributed by atoms with Crippen molar-refractivity contribution < 1.29 is 0 Å². The number of aryl methyl sites for hydroxylation is 3. The van der Waals surface area contributed by atoms with Gasteiger partial charge in [-0.3, -0.25) is 4.40 Å². The first kappa shape index (κ1) is 14.1. The summed E-state index contributed by atoms with van der Waals surface area (Å²) >= 11 is 1.74. The number of thiazole rings is 1. The lowest BCUT2D eigenvalue weighted by Gasteiger charge is -2.07.